The van der Waals surface area contributed by atoms with E-state index >= 15 is 0 Å². The Labute approximate surface area is 100 Å². The first-order chi connectivity index (χ1) is 7.72. The lowest BCUT2D eigenvalue weighted by molar-refractivity contribution is 0.508. The van der Waals surface area contributed by atoms with Gasteiger partial charge in [-0.2, -0.15) is 0 Å². The monoisotopic (exact) mass is 235 g/mol. The van der Waals surface area contributed by atoms with Gasteiger partial charge in [-0.1, -0.05) is 37.3 Å². The fourth-order valence-electron chi connectivity index (χ4n) is 1.59. The molecular formula is C13H14ClNO. The van der Waals surface area contributed by atoms with Gasteiger partial charge in [-0.25, -0.2) is 4.98 Å². The number of benzene rings is 1. The van der Waals surface area contributed by atoms with Gasteiger partial charge in [0.25, 0.3) is 0 Å². The van der Waals surface area contributed by atoms with Crippen molar-refractivity contribution in [1.82, 2.24) is 4.98 Å². The topological polar surface area (TPSA) is 26.0 Å². The molecule has 2 aromatic rings. The van der Waals surface area contributed by atoms with Crippen molar-refractivity contribution in [2.75, 3.05) is 0 Å². The fraction of sp³-hybridized carbons (Fsp3) is 0.308. The van der Waals surface area contributed by atoms with Gasteiger partial charge < -0.3 is 4.42 Å². The molecule has 0 fully saturated rings. The average molecular weight is 236 g/mol. The van der Waals surface area contributed by atoms with Crippen molar-refractivity contribution in [3.63, 3.8) is 0 Å². The van der Waals surface area contributed by atoms with Crippen LogP contribution in [0.25, 0.3) is 11.3 Å². The Morgan fingerprint density at radius 3 is 2.56 bits per heavy atom. The maximum Gasteiger partial charge on any atom is 0.212 e. The van der Waals surface area contributed by atoms with Crippen LogP contribution in [-0.2, 0) is 6.42 Å². The molecule has 84 valence electrons. The highest BCUT2D eigenvalue weighted by atomic mass is 35.5. The van der Waals surface area contributed by atoms with Gasteiger partial charge in [0.1, 0.15) is 5.38 Å². The molecule has 2 rings (SSSR count). The summed E-state index contributed by atoms with van der Waals surface area (Å²) in [7, 11) is 0. The molecule has 0 bridgehead atoms. The molecule has 0 N–H and O–H groups in total. The summed E-state index contributed by atoms with van der Waals surface area (Å²) >= 11 is 5.98. The average Bonchev–Trinajstić information content (AvgIpc) is 2.74. The summed E-state index contributed by atoms with van der Waals surface area (Å²) in [5.41, 5.74) is 2.02. The van der Waals surface area contributed by atoms with Crippen LogP contribution in [0, 0.1) is 0 Å². The Bertz CT molecular complexity index is 462. The van der Waals surface area contributed by atoms with Gasteiger partial charge in [0.15, 0.2) is 5.76 Å². The molecule has 0 aliphatic carbocycles. The number of rotatable bonds is 3. The minimum Gasteiger partial charge on any atom is -0.439 e. The van der Waals surface area contributed by atoms with E-state index in [2.05, 4.69) is 11.9 Å². The zero-order chi connectivity index (χ0) is 11.5. The van der Waals surface area contributed by atoms with E-state index in [1.807, 2.05) is 37.3 Å². The number of halogens is 1. The molecule has 0 radical (unpaired) electrons. The number of hydrogen-bond acceptors (Lipinski definition) is 2. The van der Waals surface area contributed by atoms with Gasteiger partial charge in [0.2, 0.25) is 5.89 Å². The molecule has 1 atom stereocenters. The van der Waals surface area contributed by atoms with E-state index in [-0.39, 0.29) is 5.38 Å². The zero-order valence-electron chi connectivity index (χ0n) is 9.40. The summed E-state index contributed by atoms with van der Waals surface area (Å²) in [6.45, 7) is 3.93. The van der Waals surface area contributed by atoms with Crippen LogP contribution in [0.5, 0.6) is 0 Å². The van der Waals surface area contributed by atoms with Gasteiger partial charge in [-0.15, -0.1) is 11.6 Å². The molecule has 0 aliphatic rings. The third-order valence-corrected chi connectivity index (χ3v) is 2.61. The minimum atomic E-state index is -0.192. The summed E-state index contributed by atoms with van der Waals surface area (Å²) in [6.07, 6.45) is 0.845. The van der Waals surface area contributed by atoms with E-state index in [0.29, 0.717) is 5.89 Å². The second kappa shape index (κ2) is 4.71. The Kier molecular flexibility index (Phi) is 3.30. The van der Waals surface area contributed by atoms with E-state index < -0.39 is 0 Å². The van der Waals surface area contributed by atoms with Crippen LogP contribution in [0.3, 0.4) is 0 Å². The normalized spacial score (nSPS) is 12.7. The Morgan fingerprint density at radius 2 is 2.00 bits per heavy atom. The molecule has 0 saturated carbocycles. The highest BCUT2D eigenvalue weighted by Gasteiger charge is 2.16. The summed E-state index contributed by atoms with van der Waals surface area (Å²) < 4.78 is 5.71. The quantitative estimate of drug-likeness (QED) is 0.745. The standard InChI is InChI=1S/C13H14ClNO/c1-3-11-12(10-7-5-4-6-8-10)16-13(15-11)9(2)14/h4-9H,3H2,1-2H3. The van der Waals surface area contributed by atoms with Crippen molar-refractivity contribution in [3.8, 4) is 11.3 Å². The second-order valence-electron chi connectivity index (χ2n) is 3.66. The molecule has 1 aromatic carbocycles. The van der Waals surface area contributed by atoms with Crippen molar-refractivity contribution in [2.45, 2.75) is 25.6 Å². The molecule has 0 amide bonds. The van der Waals surface area contributed by atoms with E-state index in [1.54, 1.807) is 0 Å². The molecule has 0 aliphatic heterocycles. The first-order valence-corrected chi connectivity index (χ1v) is 5.85. The molecule has 1 aromatic heterocycles. The van der Waals surface area contributed by atoms with Gasteiger partial charge >= 0.3 is 0 Å². The predicted molar refractivity (Wildman–Crippen MR) is 65.6 cm³/mol. The van der Waals surface area contributed by atoms with Crippen LogP contribution in [0.2, 0.25) is 0 Å². The maximum atomic E-state index is 5.98. The number of aromatic nitrogens is 1. The summed E-state index contributed by atoms with van der Waals surface area (Å²) in [5.74, 6) is 1.43. The maximum absolute atomic E-state index is 5.98. The van der Waals surface area contributed by atoms with Crippen molar-refractivity contribution in [3.05, 3.63) is 41.9 Å². The largest absolute Gasteiger partial charge is 0.439 e. The van der Waals surface area contributed by atoms with Crippen LogP contribution in [0.1, 0.15) is 30.8 Å². The second-order valence-corrected chi connectivity index (χ2v) is 4.32. The van der Waals surface area contributed by atoms with Crippen LogP contribution >= 0.6 is 11.6 Å². The van der Waals surface area contributed by atoms with E-state index in [0.717, 1.165) is 23.4 Å². The van der Waals surface area contributed by atoms with Gasteiger partial charge in [-0.05, 0) is 13.3 Å². The molecular weight excluding hydrogens is 222 g/mol. The molecule has 0 saturated heterocycles. The van der Waals surface area contributed by atoms with E-state index in [4.69, 9.17) is 16.0 Å². The number of aryl methyl sites for hydroxylation is 1. The Hall–Kier alpha value is -1.28. The minimum absolute atomic E-state index is 0.192. The Morgan fingerprint density at radius 1 is 1.31 bits per heavy atom. The number of alkyl halides is 1. The predicted octanol–water partition coefficient (Wildman–Crippen LogP) is 4.20. The molecule has 2 nitrogen and oxygen atoms in total. The number of oxazole rings is 1. The molecule has 3 heteroatoms. The van der Waals surface area contributed by atoms with Crippen molar-refractivity contribution in [2.24, 2.45) is 0 Å². The van der Waals surface area contributed by atoms with Gasteiger partial charge in [-0.3, -0.25) is 0 Å². The summed E-state index contributed by atoms with van der Waals surface area (Å²) in [5, 5.41) is -0.192. The smallest absolute Gasteiger partial charge is 0.212 e. The fourth-order valence-corrected chi connectivity index (χ4v) is 1.69. The van der Waals surface area contributed by atoms with E-state index in [1.165, 1.54) is 0 Å². The lowest BCUT2D eigenvalue weighted by Gasteiger charge is -1.98. The number of hydrogen-bond donors (Lipinski definition) is 0. The molecule has 1 heterocycles. The van der Waals surface area contributed by atoms with E-state index in [9.17, 15) is 0 Å². The first kappa shape index (κ1) is 11.2. The van der Waals surface area contributed by atoms with Crippen LogP contribution < -0.4 is 0 Å². The molecule has 1 unspecified atom stereocenters. The third-order valence-electron chi connectivity index (χ3n) is 2.43. The van der Waals surface area contributed by atoms with Crippen LogP contribution in [-0.4, -0.2) is 4.98 Å². The van der Waals surface area contributed by atoms with Gasteiger partial charge in [0, 0.05) is 5.56 Å². The van der Waals surface area contributed by atoms with Gasteiger partial charge in [0.05, 0.1) is 5.69 Å². The first-order valence-electron chi connectivity index (χ1n) is 5.41. The van der Waals surface area contributed by atoms with Crippen LogP contribution in [0.4, 0.5) is 0 Å². The SMILES string of the molecule is CCc1nc(C(C)Cl)oc1-c1ccccc1. The van der Waals surface area contributed by atoms with Crippen molar-refractivity contribution >= 4 is 11.6 Å². The summed E-state index contributed by atoms with van der Waals surface area (Å²) in [4.78, 5) is 4.41. The number of nitrogens with zero attached hydrogens (tertiary/aromatic N) is 1. The van der Waals surface area contributed by atoms with Crippen molar-refractivity contribution < 1.29 is 4.42 Å². The Balaban J connectivity index is 2.48. The van der Waals surface area contributed by atoms with Crippen LogP contribution in [0.15, 0.2) is 34.7 Å². The lowest BCUT2D eigenvalue weighted by atomic mass is 10.1. The summed E-state index contributed by atoms with van der Waals surface area (Å²) in [6, 6.07) is 9.99. The highest BCUT2D eigenvalue weighted by Crippen LogP contribution is 2.29. The van der Waals surface area contributed by atoms with Crippen molar-refractivity contribution in [1.29, 1.82) is 0 Å². The lowest BCUT2D eigenvalue weighted by Crippen LogP contribution is -1.86. The zero-order valence-corrected chi connectivity index (χ0v) is 10.2. The molecule has 0 spiro atoms. The highest BCUT2D eigenvalue weighted by molar-refractivity contribution is 6.20. The third kappa shape index (κ3) is 2.12. The molecule has 16 heavy (non-hydrogen) atoms.